The van der Waals surface area contributed by atoms with Crippen molar-refractivity contribution >= 4 is 27.6 Å². The molecule has 0 atom stereocenters. The summed E-state index contributed by atoms with van der Waals surface area (Å²) >= 11 is 0. The summed E-state index contributed by atoms with van der Waals surface area (Å²) in [5, 5.41) is 2.61. The zero-order valence-electron chi connectivity index (χ0n) is 11.0. The Kier molecular flexibility index (Phi) is 3.46. The van der Waals surface area contributed by atoms with E-state index in [0.717, 1.165) is 0 Å². The third-order valence-electron chi connectivity index (χ3n) is 3.26. The second-order valence-corrected chi connectivity index (χ2v) is 4.67. The molecule has 1 heterocycles. The van der Waals surface area contributed by atoms with Crippen LogP contribution in [0.5, 0.6) is 0 Å². The number of fused-ring (bicyclic) bond motifs is 3. The molecule has 1 aromatic heterocycles. The maximum Gasteiger partial charge on any atom is 0.159 e. The summed E-state index contributed by atoms with van der Waals surface area (Å²) in [7, 11) is 0. The van der Waals surface area contributed by atoms with Gasteiger partial charge in [0.05, 0.1) is 0 Å². The van der Waals surface area contributed by atoms with E-state index in [0.29, 0.717) is 6.42 Å². The summed E-state index contributed by atoms with van der Waals surface area (Å²) in [6.45, 7) is 0. The Morgan fingerprint density at radius 3 is 1.85 bits per heavy atom. The van der Waals surface area contributed by atoms with Crippen molar-refractivity contribution in [2.45, 2.75) is 6.42 Å². The molecule has 0 bridgehead atoms. The number of hydrogen-bond donors (Lipinski definition) is 1. The largest absolute Gasteiger partial charge is 0.355 e. The summed E-state index contributed by atoms with van der Waals surface area (Å²) in [5.74, 6) is 0.197. The Labute approximate surface area is 117 Å². The van der Waals surface area contributed by atoms with E-state index < -0.39 is 0 Å². The monoisotopic (exact) mass is 261 g/mol. The first kappa shape index (κ1) is 12.4. The lowest BCUT2D eigenvalue weighted by atomic mass is 10.2. The standard InChI is InChI=1S/C12H9N.C6H6O/c1-3-7-11-9(5-1)10-6-2-4-8-12(10)13-11;7-6-4-2-1-3-5-6/h1-8,13H;1-4H,5H2. The number of aromatic nitrogens is 1. The van der Waals surface area contributed by atoms with Crippen LogP contribution in [0.1, 0.15) is 6.42 Å². The summed E-state index contributed by atoms with van der Waals surface area (Å²) in [6, 6.07) is 16.8. The number of allylic oxidation sites excluding steroid dienone is 4. The van der Waals surface area contributed by atoms with Crippen molar-refractivity contribution in [3.63, 3.8) is 0 Å². The highest BCUT2D eigenvalue weighted by molar-refractivity contribution is 6.06. The van der Waals surface area contributed by atoms with Crippen LogP contribution in [0.2, 0.25) is 0 Å². The lowest BCUT2D eigenvalue weighted by Crippen LogP contribution is -1.90. The lowest BCUT2D eigenvalue weighted by Gasteiger charge is -1.88. The normalized spacial score (nSPS) is 13.5. The molecule has 0 unspecified atom stereocenters. The molecule has 0 saturated carbocycles. The van der Waals surface area contributed by atoms with E-state index in [4.69, 9.17) is 0 Å². The number of H-pyrrole nitrogens is 1. The molecule has 1 aliphatic rings. The van der Waals surface area contributed by atoms with Crippen molar-refractivity contribution < 1.29 is 4.79 Å². The van der Waals surface area contributed by atoms with Crippen LogP contribution in [-0.4, -0.2) is 10.8 Å². The fourth-order valence-corrected chi connectivity index (χ4v) is 2.29. The molecule has 20 heavy (non-hydrogen) atoms. The van der Waals surface area contributed by atoms with Gasteiger partial charge in [-0.2, -0.15) is 0 Å². The SMILES string of the molecule is O=C1C=CC=CC1.c1ccc2c(c1)[nH]c1ccccc12. The van der Waals surface area contributed by atoms with Gasteiger partial charge in [0.15, 0.2) is 5.78 Å². The Balaban J connectivity index is 0.000000147. The number of rotatable bonds is 0. The van der Waals surface area contributed by atoms with E-state index in [1.165, 1.54) is 21.8 Å². The fraction of sp³-hybridized carbons (Fsp3) is 0.0556. The van der Waals surface area contributed by atoms with Crippen LogP contribution in [0.4, 0.5) is 0 Å². The molecule has 1 aliphatic carbocycles. The number of carbonyl (C=O) groups is 1. The van der Waals surface area contributed by atoms with Crippen molar-refractivity contribution in [1.82, 2.24) is 4.98 Å². The van der Waals surface area contributed by atoms with Gasteiger partial charge in [-0.15, -0.1) is 0 Å². The van der Waals surface area contributed by atoms with Crippen LogP contribution < -0.4 is 0 Å². The molecule has 3 aromatic rings. The average molecular weight is 261 g/mol. The van der Waals surface area contributed by atoms with Gasteiger partial charge < -0.3 is 4.98 Å². The van der Waals surface area contributed by atoms with Gasteiger partial charge in [0.2, 0.25) is 0 Å². The van der Waals surface area contributed by atoms with Gasteiger partial charge in [0.1, 0.15) is 0 Å². The second kappa shape index (κ2) is 5.57. The molecule has 0 saturated heterocycles. The van der Waals surface area contributed by atoms with E-state index in [1.54, 1.807) is 12.2 Å². The van der Waals surface area contributed by atoms with Gasteiger partial charge in [-0.05, 0) is 18.2 Å². The first-order chi connectivity index (χ1) is 9.84. The molecule has 1 N–H and O–H groups in total. The van der Waals surface area contributed by atoms with Crippen LogP contribution in [-0.2, 0) is 4.79 Å². The van der Waals surface area contributed by atoms with Crippen LogP contribution in [0.15, 0.2) is 72.8 Å². The summed E-state index contributed by atoms with van der Waals surface area (Å²) < 4.78 is 0. The Bertz CT molecular complexity index is 758. The number of nitrogens with one attached hydrogen (secondary N) is 1. The highest BCUT2D eigenvalue weighted by atomic mass is 16.1. The quantitative estimate of drug-likeness (QED) is 0.639. The van der Waals surface area contributed by atoms with Crippen molar-refractivity contribution in [2.75, 3.05) is 0 Å². The first-order valence-electron chi connectivity index (χ1n) is 6.66. The molecule has 0 aliphatic heterocycles. The van der Waals surface area contributed by atoms with Crippen LogP contribution in [0.25, 0.3) is 21.8 Å². The molecule has 0 radical (unpaired) electrons. The van der Waals surface area contributed by atoms with Crippen molar-refractivity contribution in [1.29, 1.82) is 0 Å². The molecule has 2 aromatic carbocycles. The number of carbonyl (C=O) groups excluding carboxylic acids is 1. The van der Waals surface area contributed by atoms with Crippen molar-refractivity contribution in [2.24, 2.45) is 0 Å². The van der Waals surface area contributed by atoms with E-state index >= 15 is 0 Å². The minimum Gasteiger partial charge on any atom is -0.355 e. The van der Waals surface area contributed by atoms with E-state index in [9.17, 15) is 4.79 Å². The summed E-state index contributed by atoms with van der Waals surface area (Å²) in [5.41, 5.74) is 2.42. The highest BCUT2D eigenvalue weighted by Crippen LogP contribution is 2.24. The van der Waals surface area contributed by atoms with Gasteiger partial charge in [-0.25, -0.2) is 0 Å². The minimum atomic E-state index is 0.197. The molecular formula is C18H15NO. The third-order valence-corrected chi connectivity index (χ3v) is 3.26. The molecule has 0 fully saturated rings. The molecule has 2 heteroatoms. The maximum absolute atomic E-state index is 10.3. The Morgan fingerprint density at radius 1 is 0.800 bits per heavy atom. The molecule has 0 amide bonds. The number of para-hydroxylation sites is 2. The van der Waals surface area contributed by atoms with E-state index in [2.05, 4.69) is 53.5 Å². The molecule has 0 spiro atoms. The third kappa shape index (κ3) is 2.54. The molecule has 98 valence electrons. The predicted molar refractivity (Wildman–Crippen MR) is 83.7 cm³/mol. The second-order valence-electron chi connectivity index (χ2n) is 4.67. The number of hydrogen-bond acceptors (Lipinski definition) is 1. The Hall–Kier alpha value is -2.61. The molecule has 2 nitrogen and oxygen atoms in total. The van der Waals surface area contributed by atoms with Crippen LogP contribution in [0, 0.1) is 0 Å². The predicted octanol–water partition coefficient (Wildman–Crippen LogP) is 4.39. The highest BCUT2D eigenvalue weighted by Gasteiger charge is 2.00. The zero-order valence-corrected chi connectivity index (χ0v) is 11.0. The van der Waals surface area contributed by atoms with Crippen LogP contribution >= 0.6 is 0 Å². The number of benzene rings is 2. The summed E-state index contributed by atoms with van der Waals surface area (Å²) in [4.78, 5) is 13.7. The summed E-state index contributed by atoms with van der Waals surface area (Å²) in [6.07, 6.45) is 7.64. The Morgan fingerprint density at radius 2 is 1.40 bits per heavy atom. The minimum absolute atomic E-state index is 0.197. The number of ketones is 1. The topological polar surface area (TPSA) is 32.9 Å². The lowest BCUT2D eigenvalue weighted by molar-refractivity contribution is -0.113. The molecular weight excluding hydrogens is 246 g/mol. The van der Waals surface area contributed by atoms with Gasteiger partial charge in [0, 0.05) is 28.2 Å². The van der Waals surface area contributed by atoms with Crippen molar-refractivity contribution in [3.05, 3.63) is 72.8 Å². The van der Waals surface area contributed by atoms with Gasteiger partial charge >= 0.3 is 0 Å². The zero-order chi connectivity index (χ0) is 13.8. The van der Waals surface area contributed by atoms with Gasteiger partial charge in [-0.3, -0.25) is 4.79 Å². The first-order valence-corrected chi connectivity index (χ1v) is 6.66. The van der Waals surface area contributed by atoms with Gasteiger partial charge in [-0.1, -0.05) is 54.6 Å². The van der Waals surface area contributed by atoms with Gasteiger partial charge in [0.25, 0.3) is 0 Å². The maximum atomic E-state index is 10.3. The average Bonchev–Trinajstić information content (AvgIpc) is 2.87. The fourth-order valence-electron chi connectivity index (χ4n) is 2.29. The van der Waals surface area contributed by atoms with Crippen LogP contribution in [0.3, 0.4) is 0 Å². The molecule has 4 rings (SSSR count). The van der Waals surface area contributed by atoms with E-state index in [1.807, 2.05) is 12.2 Å². The van der Waals surface area contributed by atoms with E-state index in [-0.39, 0.29) is 5.78 Å². The van der Waals surface area contributed by atoms with Crippen molar-refractivity contribution in [3.8, 4) is 0 Å². The smallest absolute Gasteiger partial charge is 0.159 e. The number of aromatic amines is 1.